The van der Waals surface area contributed by atoms with Crippen molar-refractivity contribution in [2.75, 3.05) is 32.8 Å². The van der Waals surface area contributed by atoms with Crippen molar-refractivity contribution in [3.8, 4) is 5.75 Å². The quantitative estimate of drug-likeness (QED) is 0.628. The molecule has 9 nitrogen and oxygen atoms in total. The summed E-state index contributed by atoms with van der Waals surface area (Å²) in [6, 6.07) is 10.3. The molecule has 4 heterocycles. The topological polar surface area (TPSA) is 98.8 Å². The molecular formula is C25H32N6O3. The average molecular weight is 465 g/mol. The Bertz CT molecular complexity index is 1100. The number of hydrogen-bond acceptors (Lipinski definition) is 7. The second-order valence-electron chi connectivity index (χ2n) is 10.1. The Hall–Kier alpha value is -2.75. The van der Waals surface area contributed by atoms with Crippen molar-refractivity contribution >= 4 is 22.7 Å². The van der Waals surface area contributed by atoms with Gasteiger partial charge in [0, 0.05) is 67.5 Å². The number of carbonyl (C=O) groups is 2. The highest BCUT2D eigenvalue weighted by Gasteiger charge is 2.46. The molecule has 3 saturated heterocycles. The molecule has 1 aromatic heterocycles. The number of hydrazine groups is 2. The fourth-order valence-corrected chi connectivity index (χ4v) is 6.24. The summed E-state index contributed by atoms with van der Waals surface area (Å²) in [5.74, 6) is 1.70. The number of amides is 2. The Morgan fingerprint density at radius 1 is 1.03 bits per heavy atom. The maximum absolute atomic E-state index is 13.4. The van der Waals surface area contributed by atoms with Gasteiger partial charge in [0.15, 0.2) is 0 Å². The Labute approximate surface area is 199 Å². The smallest absolute Gasteiger partial charge is 0.272 e. The first-order chi connectivity index (χ1) is 16.6. The highest BCUT2D eigenvalue weighted by Crippen LogP contribution is 2.35. The van der Waals surface area contributed by atoms with E-state index in [1.54, 1.807) is 6.07 Å². The van der Waals surface area contributed by atoms with Gasteiger partial charge in [-0.15, -0.1) is 0 Å². The first kappa shape index (κ1) is 21.8. The number of para-hydroxylation sites is 1. The van der Waals surface area contributed by atoms with E-state index in [0.29, 0.717) is 55.1 Å². The lowest BCUT2D eigenvalue weighted by Gasteiger charge is -2.32. The van der Waals surface area contributed by atoms with Crippen LogP contribution in [0.5, 0.6) is 5.75 Å². The van der Waals surface area contributed by atoms with Gasteiger partial charge in [-0.25, -0.2) is 15.8 Å². The maximum atomic E-state index is 13.4. The van der Waals surface area contributed by atoms with Crippen LogP contribution in [-0.4, -0.2) is 71.5 Å². The average Bonchev–Trinajstić information content (AvgIpc) is 3.57. The van der Waals surface area contributed by atoms with Gasteiger partial charge in [0.25, 0.3) is 5.91 Å². The number of carbonyl (C=O) groups excluding carboxylic acids is 2. The molecule has 2 amide bonds. The zero-order chi connectivity index (χ0) is 23.2. The molecule has 0 bridgehead atoms. The summed E-state index contributed by atoms with van der Waals surface area (Å²) in [6.07, 6.45) is 2.81. The molecule has 0 spiro atoms. The molecule has 2 unspecified atom stereocenters. The van der Waals surface area contributed by atoms with E-state index in [0.717, 1.165) is 43.3 Å². The van der Waals surface area contributed by atoms with Crippen LogP contribution in [0.2, 0.25) is 0 Å². The summed E-state index contributed by atoms with van der Waals surface area (Å²) in [7, 11) is 0. The summed E-state index contributed by atoms with van der Waals surface area (Å²) in [6.45, 7) is 5.32. The zero-order valence-electron chi connectivity index (χ0n) is 19.5. The number of pyridine rings is 1. The van der Waals surface area contributed by atoms with Crippen molar-refractivity contribution in [2.24, 2.45) is 17.8 Å². The van der Waals surface area contributed by atoms with Gasteiger partial charge in [-0.2, -0.15) is 5.53 Å². The molecule has 180 valence electrons. The Kier molecular flexibility index (Phi) is 5.63. The molecule has 1 aliphatic carbocycles. The molecule has 4 aliphatic rings. The number of hydrogen-bond donors (Lipinski definition) is 3. The van der Waals surface area contributed by atoms with Crippen LogP contribution in [-0.2, 0) is 4.79 Å². The number of fused-ring (bicyclic) bond motifs is 3. The van der Waals surface area contributed by atoms with E-state index in [1.807, 2.05) is 36.1 Å². The van der Waals surface area contributed by atoms with Crippen LogP contribution in [0.1, 0.15) is 36.7 Å². The molecule has 5 atom stereocenters. The largest absolute Gasteiger partial charge is 0.493 e. The van der Waals surface area contributed by atoms with Crippen LogP contribution in [0.3, 0.4) is 0 Å². The van der Waals surface area contributed by atoms with Gasteiger partial charge < -0.3 is 14.5 Å². The summed E-state index contributed by atoms with van der Waals surface area (Å²) in [5, 5.41) is 0.918. The second kappa shape index (κ2) is 8.79. The third-order valence-corrected chi connectivity index (χ3v) is 8.00. The Morgan fingerprint density at radius 2 is 1.76 bits per heavy atom. The van der Waals surface area contributed by atoms with E-state index in [-0.39, 0.29) is 17.7 Å². The Balaban J connectivity index is 1.11. The lowest BCUT2D eigenvalue weighted by Crippen LogP contribution is -2.45. The lowest BCUT2D eigenvalue weighted by atomic mass is 9.82. The van der Waals surface area contributed by atoms with Crippen molar-refractivity contribution in [1.82, 2.24) is 31.2 Å². The predicted octanol–water partition coefficient (Wildman–Crippen LogP) is 1.31. The highest BCUT2D eigenvalue weighted by atomic mass is 16.5. The zero-order valence-corrected chi connectivity index (χ0v) is 19.5. The van der Waals surface area contributed by atoms with Crippen molar-refractivity contribution in [3.05, 3.63) is 36.0 Å². The maximum Gasteiger partial charge on any atom is 0.272 e. The van der Waals surface area contributed by atoms with Gasteiger partial charge in [0.05, 0.1) is 12.1 Å². The predicted molar refractivity (Wildman–Crippen MR) is 127 cm³/mol. The van der Waals surface area contributed by atoms with Gasteiger partial charge in [0.2, 0.25) is 5.91 Å². The van der Waals surface area contributed by atoms with E-state index in [1.165, 1.54) is 0 Å². The molecule has 9 heteroatoms. The molecule has 2 aromatic rings. The third kappa shape index (κ3) is 3.81. The fraction of sp³-hybridized carbons (Fsp3) is 0.560. The number of ether oxygens (including phenoxy) is 1. The van der Waals surface area contributed by atoms with Gasteiger partial charge in [-0.3, -0.25) is 9.59 Å². The molecule has 4 fully saturated rings. The van der Waals surface area contributed by atoms with E-state index >= 15 is 0 Å². The van der Waals surface area contributed by atoms with Gasteiger partial charge in [-0.1, -0.05) is 12.1 Å². The highest BCUT2D eigenvalue weighted by molar-refractivity contribution is 5.97. The standard InChI is InChI=1S/C25H32N6O3/c1-2-34-23-10-22(26-19-6-4-3-5-18(19)23)25(33)31-13-16-11-30(12-17(16)14-31)24(32)15-7-8-20-21(9-15)28-29-27-20/h3-6,10,15-17,20-21,27-29H,2,7-9,11-14H2,1H3/t15-,16+,17+,20?,21?/m1/s1. The molecule has 3 aliphatic heterocycles. The fourth-order valence-electron chi connectivity index (χ4n) is 6.24. The number of rotatable bonds is 4. The van der Waals surface area contributed by atoms with Crippen LogP contribution in [0, 0.1) is 17.8 Å². The molecular weight excluding hydrogens is 432 g/mol. The summed E-state index contributed by atoms with van der Waals surface area (Å²) < 4.78 is 5.80. The van der Waals surface area contributed by atoms with Gasteiger partial charge in [0.1, 0.15) is 11.4 Å². The van der Waals surface area contributed by atoms with Crippen LogP contribution < -0.4 is 21.1 Å². The molecule has 0 radical (unpaired) electrons. The van der Waals surface area contributed by atoms with E-state index in [2.05, 4.69) is 26.3 Å². The van der Waals surface area contributed by atoms with Gasteiger partial charge >= 0.3 is 0 Å². The van der Waals surface area contributed by atoms with E-state index in [4.69, 9.17) is 4.74 Å². The lowest BCUT2D eigenvalue weighted by molar-refractivity contribution is -0.136. The monoisotopic (exact) mass is 464 g/mol. The summed E-state index contributed by atoms with van der Waals surface area (Å²) >= 11 is 0. The minimum atomic E-state index is -0.0513. The Morgan fingerprint density at radius 3 is 2.56 bits per heavy atom. The second-order valence-corrected chi connectivity index (χ2v) is 10.1. The number of likely N-dealkylation sites (tertiary alicyclic amines) is 2. The van der Waals surface area contributed by atoms with Crippen molar-refractivity contribution in [2.45, 2.75) is 38.3 Å². The molecule has 1 aromatic carbocycles. The first-order valence-electron chi connectivity index (χ1n) is 12.5. The van der Waals surface area contributed by atoms with E-state index in [9.17, 15) is 9.59 Å². The third-order valence-electron chi connectivity index (χ3n) is 8.00. The summed E-state index contributed by atoms with van der Waals surface area (Å²) in [4.78, 5) is 35.2. The van der Waals surface area contributed by atoms with Crippen LogP contribution in [0.25, 0.3) is 10.9 Å². The molecule has 3 N–H and O–H groups in total. The first-order valence-corrected chi connectivity index (χ1v) is 12.5. The minimum Gasteiger partial charge on any atom is -0.493 e. The number of nitrogens with one attached hydrogen (secondary N) is 3. The normalized spacial score (nSPS) is 30.4. The van der Waals surface area contributed by atoms with Crippen molar-refractivity contribution in [3.63, 3.8) is 0 Å². The van der Waals surface area contributed by atoms with Gasteiger partial charge in [-0.05, 0) is 38.3 Å². The van der Waals surface area contributed by atoms with Crippen molar-refractivity contribution in [1.29, 1.82) is 0 Å². The SMILES string of the molecule is CCOc1cc(C(=O)N2C[C@@H]3CN(C(=O)[C@@H]4CCC5NNNC5C4)C[C@H]3C2)nc2ccccc12. The van der Waals surface area contributed by atoms with Crippen molar-refractivity contribution < 1.29 is 14.3 Å². The number of nitrogens with zero attached hydrogens (tertiary/aromatic N) is 3. The molecule has 6 rings (SSSR count). The van der Waals surface area contributed by atoms with E-state index < -0.39 is 0 Å². The minimum absolute atomic E-state index is 0.0513. The molecule has 34 heavy (non-hydrogen) atoms. The van der Waals surface area contributed by atoms with Crippen LogP contribution in [0.15, 0.2) is 30.3 Å². The van der Waals surface area contributed by atoms with Crippen LogP contribution in [0.4, 0.5) is 0 Å². The number of benzene rings is 1. The number of aromatic nitrogens is 1. The summed E-state index contributed by atoms with van der Waals surface area (Å²) in [5.41, 5.74) is 10.7. The van der Waals surface area contributed by atoms with Crippen LogP contribution >= 0.6 is 0 Å². The molecule has 1 saturated carbocycles.